The summed E-state index contributed by atoms with van der Waals surface area (Å²) in [5.41, 5.74) is 3.11. The molecule has 2 aliphatic rings. The molecule has 7 heteroatoms. The van der Waals surface area contributed by atoms with Gasteiger partial charge in [0.2, 0.25) is 11.9 Å². The first-order valence-corrected chi connectivity index (χ1v) is 10.7. The quantitative estimate of drug-likeness (QED) is 0.772. The third kappa shape index (κ3) is 4.64. The molecule has 0 atom stereocenters. The van der Waals surface area contributed by atoms with E-state index >= 15 is 0 Å². The lowest BCUT2D eigenvalue weighted by molar-refractivity contribution is -0.136. The summed E-state index contributed by atoms with van der Waals surface area (Å²) >= 11 is 6.11. The van der Waals surface area contributed by atoms with Crippen LogP contribution in [0.15, 0.2) is 30.3 Å². The molecule has 3 heterocycles. The maximum atomic E-state index is 13.0. The van der Waals surface area contributed by atoms with Crippen LogP contribution >= 0.6 is 11.6 Å². The number of rotatable bonds is 3. The van der Waals surface area contributed by atoms with E-state index in [9.17, 15) is 4.79 Å². The minimum Gasteiger partial charge on any atom is -0.368 e. The summed E-state index contributed by atoms with van der Waals surface area (Å²) in [5, 5.41) is 0.751. The Hall–Kier alpha value is -2.34. The van der Waals surface area contributed by atoms with Gasteiger partial charge in [0.25, 0.3) is 0 Å². The second-order valence-electron chi connectivity index (χ2n) is 8.00. The Bertz CT molecular complexity index is 853. The molecule has 2 aromatic rings. The summed E-state index contributed by atoms with van der Waals surface area (Å²) in [6.45, 7) is 8.90. The minimum atomic E-state index is 0.106. The second-order valence-corrected chi connectivity index (χ2v) is 8.44. The summed E-state index contributed by atoms with van der Waals surface area (Å²) in [6, 6.07) is 9.92. The zero-order valence-electron chi connectivity index (χ0n) is 17.1. The largest absolute Gasteiger partial charge is 0.368 e. The van der Waals surface area contributed by atoms with E-state index in [0.29, 0.717) is 5.91 Å². The molecule has 0 N–H and O–H groups in total. The fourth-order valence-electron chi connectivity index (χ4n) is 4.29. The van der Waals surface area contributed by atoms with Crippen molar-refractivity contribution in [2.75, 3.05) is 49.1 Å². The van der Waals surface area contributed by atoms with Crippen molar-refractivity contribution in [3.05, 3.63) is 46.7 Å². The van der Waals surface area contributed by atoms with Gasteiger partial charge in [-0.1, -0.05) is 17.7 Å². The van der Waals surface area contributed by atoms with Crippen LogP contribution in [0.2, 0.25) is 5.02 Å². The summed E-state index contributed by atoms with van der Waals surface area (Å²) in [7, 11) is 0. The maximum Gasteiger partial charge on any atom is 0.225 e. The van der Waals surface area contributed by atoms with Crippen molar-refractivity contribution in [3.8, 4) is 0 Å². The van der Waals surface area contributed by atoms with Gasteiger partial charge in [0.05, 0.1) is 0 Å². The second kappa shape index (κ2) is 8.57. The third-order valence-corrected chi connectivity index (χ3v) is 6.10. The SMILES string of the molecule is Cc1cc(C)nc(N2CCC(C(=O)N3CCN(c4cccc(Cl)c4)CC3)CC2)n1. The predicted octanol–water partition coefficient (Wildman–Crippen LogP) is 3.31. The molecule has 2 aliphatic heterocycles. The van der Waals surface area contributed by atoms with Crippen LogP contribution in [0.4, 0.5) is 11.6 Å². The van der Waals surface area contributed by atoms with Gasteiger partial charge >= 0.3 is 0 Å². The lowest BCUT2D eigenvalue weighted by atomic mass is 9.95. The number of hydrogen-bond acceptors (Lipinski definition) is 5. The Kier molecular flexibility index (Phi) is 5.90. The molecule has 1 amide bonds. The molecule has 4 rings (SSSR count). The van der Waals surface area contributed by atoms with Crippen LogP contribution in [0.3, 0.4) is 0 Å². The fourth-order valence-corrected chi connectivity index (χ4v) is 4.48. The molecular weight excluding hydrogens is 386 g/mol. The van der Waals surface area contributed by atoms with Gasteiger partial charge in [0.15, 0.2) is 0 Å². The Morgan fingerprint density at radius 3 is 2.21 bits per heavy atom. The molecule has 6 nitrogen and oxygen atoms in total. The number of benzene rings is 1. The number of piperazine rings is 1. The third-order valence-electron chi connectivity index (χ3n) is 5.86. The maximum absolute atomic E-state index is 13.0. The molecule has 2 saturated heterocycles. The normalized spacial score (nSPS) is 18.2. The molecule has 0 spiro atoms. The molecule has 1 aromatic heterocycles. The first kappa shape index (κ1) is 20.0. The highest BCUT2D eigenvalue weighted by molar-refractivity contribution is 6.30. The molecule has 2 fully saturated rings. The van der Waals surface area contributed by atoms with Crippen LogP contribution in [-0.4, -0.2) is 60.0 Å². The van der Waals surface area contributed by atoms with Crippen LogP contribution < -0.4 is 9.80 Å². The van der Waals surface area contributed by atoms with Crippen LogP contribution in [0.5, 0.6) is 0 Å². The molecule has 0 aliphatic carbocycles. The number of aryl methyl sites for hydroxylation is 2. The van der Waals surface area contributed by atoms with Gasteiger partial charge < -0.3 is 14.7 Å². The molecular formula is C22H28ClN5O. The van der Waals surface area contributed by atoms with Crippen molar-refractivity contribution in [1.82, 2.24) is 14.9 Å². The lowest BCUT2D eigenvalue weighted by Gasteiger charge is -2.39. The fraction of sp³-hybridized carbons (Fsp3) is 0.500. The van der Waals surface area contributed by atoms with Crippen molar-refractivity contribution in [3.63, 3.8) is 0 Å². The Morgan fingerprint density at radius 1 is 0.931 bits per heavy atom. The number of carbonyl (C=O) groups is 1. The Morgan fingerprint density at radius 2 is 1.59 bits per heavy atom. The molecule has 0 unspecified atom stereocenters. The lowest BCUT2D eigenvalue weighted by Crippen LogP contribution is -2.51. The molecule has 1 aromatic carbocycles. The molecule has 0 bridgehead atoms. The average Bonchev–Trinajstić information content (AvgIpc) is 2.73. The van der Waals surface area contributed by atoms with E-state index in [1.165, 1.54) is 0 Å². The van der Waals surface area contributed by atoms with Crippen molar-refractivity contribution in [2.24, 2.45) is 5.92 Å². The smallest absolute Gasteiger partial charge is 0.225 e. The zero-order valence-corrected chi connectivity index (χ0v) is 17.9. The van der Waals surface area contributed by atoms with Gasteiger partial charge in [-0.25, -0.2) is 9.97 Å². The molecule has 0 radical (unpaired) electrons. The van der Waals surface area contributed by atoms with Crippen molar-refractivity contribution < 1.29 is 4.79 Å². The number of aromatic nitrogens is 2. The zero-order chi connectivity index (χ0) is 20.4. The number of amides is 1. The summed E-state index contributed by atoms with van der Waals surface area (Å²) in [6.07, 6.45) is 1.73. The van der Waals surface area contributed by atoms with Crippen LogP contribution in [-0.2, 0) is 4.79 Å². The van der Waals surface area contributed by atoms with Crippen molar-refractivity contribution >= 4 is 29.1 Å². The summed E-state index contributed by atoms with van der Waals surface area (Å²) in [4.78, 5) is 28.7. The van der Waals surface area contributed by atoms with Gasteiger partial charge in [-0.15, -0.1) is 0 Å². The first-order valence-electron chi connectivity index (χ1n) is 10.4. The van der Waals surface area contributed by atoms with Crippen LogP contribution in [0.1, 0.15) is 24.2 Å². The number of carbonyl (C=O) groups excluding carboxylic acids is 1. The number of nitrogens with zero attached hydrogens (tertiary/aromatic N) is 5. The van der Waals surface area contributed by atoms with E-state index in [4.69, 9.17) is 11.6 Å². The number of halogens is 1. The minimum absolute atomic E-state index is 0.106. The standard InChI is InChI=1S/C22H28ClN5O/c1-16-14-17(2)25-22(24-16)28-8-6-18(7-9-28)21(29)27-12-10-26(11-13-27)20-5-3-4-19(23)15-20/h3-5,14-15,18H,6-13H2,1-2H3. The number of piperidine rings is 1. The predicted molar refractivity (Wildman–Crippen MR) is 117 cm³/mol. The van der Waals surface area contributed by atoms with Gasteiger partial charge in [-0.2, -0.15) is 0 Å². The molecule has 154 valence electrons. The Balaban J connectivity index is 1.30. The van der Waals surface area contributed by atoms with Crippen LogP contribution in [0.25, 0.3) is 0 Å². The Labute approximate surface area is 177 Å². The van der Waals surface area contributed by atoms with Gasteiger partial charge in [0, 0.05) is 67.3 Å². The van der Waals surface area contributed by atoms with E-state index in [0.717, 1.165) is 80.2 Å². The van der Waals surface area contributed by atoms with Gasteiger partial charge in [-0.05, 0) is 51.0 Å². The van der Waals surface area contributed by atoms with E-state index in [1.807, 2.05) is 43.0 Å². The average molecular weight is 414 g/mol. The van der Waals surface area contributed by atoms with Gasteiger partial charge in [-0.3, -0.25) is 4.79 Å². The summed E-state index contributed by atoms with van der Waals surface area (Å²) in [5.74, 6) is 1.20. The van der Waals surface area contributed by atoms with Gasteiger partial charge in [0.1, 0.15) is 0 Å². The van der Waals surface area contributed by atoms with E-state index in [1.54, 1.807) is 0 Å². The highest BCUT2D eigenvalue weighted by Gasteiger charge is 2.31. The highest BCUT2D eigenvalue weighted by atomic mass is 35.5. The number of anilines is 2. The first-order chi connectivity index (χ1) is 14.0. The highest BCUT2D eigenvalue weighted by Crippen LogP contribution is 2.25. The molecule has 29 heavy (non-hydrogen) atoms. The number of hydrogen-bond donors (Lipinski definition) is 0. The topological polar surface area (TPSA) is 52.6 Å². The summed E-state index contributed by atoms with van der Waals surface area (Å²) < 4.78 is 0. The monoisotopic (exact) mass is 413 g/mol. The van der Waals surface area contributed by atoms with Crippen LogP contribution in [0, 0.1) is 19.8 Å². The van der Waals surface area contributed by atoms with E-state index < -0.39 is 0 Å². The van der Waals surface area contributed by atoms with Crippen molar-refractivity contribution in [1.29, 1.82) is 0 Å². The molecule has 0 saturated carbocycles. The van der Waals surface area contributed by atoms with Crippen molar-refractivity contribution in [2.45, 2.75) is 26.7 Å². The van der Waals surface area contributed by atoms with E-state index in [2.05, 4.69) is 25.8 Å². The van der Waals surface area contributed by atoms with E-state index in [-0.39, 0.29) is 5.92 Å².